The molecule has 0 saturated carbocycles. The van der Waals surface area contributed by atoms with Gasteiger partial charge < -0.3 is 9.13 Å². The van der Waals surface area contributed by atoms with E-state index in [0.29, 0.717) is 23.0 Å². The molecule has 15 rings (SSSR count). The summed E-state index contributed by atoms with van der Waals surface area (Å²) in [6, 6.07) is 79.5. The Morgan fingerprint density at radius 1 is 0.347 bits per heavy atom. The number of benzene rings is 10. The number of hydrogen-bond donors (Lipinski definition) is 0. The molecule has 5 heterocycles. The van der Waals surface area contributed by atoms with Gasteiger partial charge in [-0.15, -0.1) is 22.7 Å². The van der Waals surface area contributed by atoms with Crippen LogP contribution in [0.3, 0.4) is 0 Å². The molecule has 15 aromatic rings. The Labute approximate surface area is 420 Å². The highest BCUT2D eigenvalue weighted by Crippen LogP contribution is 2.48. The topological polar surface area (TPSA) is 72.3 Å². The second-order valence-corrected chi connectivity index (χ2v) is 20.3. The molecule has 0 aliphatic rings. The molecule has 0 radical (unpaired) electrons. The van der Waals surface area contributed by atoms with Crippen LogP contribution >= 0.6 is 22.7 Å². The van der Waals surface area contributed by atoms with Crippen LogP contribution in [-0.2, 0) is 0 Å². The third kappa shape index (κ3) is 6.09. The van der Waals surface area contributed by atoms with Gasteiger partial charge in [-0.2, -0.15) is 5.26 Å². The first-order valence-corrected chi connectivity index (χ1v) is 25.5. The minimum Gasteiger partial charge on any atom is -0.309 e. The van der Waals surface area contributed by atoms with E-state index in [0.717, 1.165) is 61.3 Å². The van der Waals surface area contributed by atoms with Crippen molar-refractivity contribution in [1.82, 2.24) is 24.1 Å². The fourth-order valence-corrected chi connectivity index (χ4v) is 13.5. The van der Waals surface area contributed by atoms with Crippen molar-refractivity contribution in [3.05, 3.63) is 224 Å². The molecular weight excluding hydrogens is 917 g/mol. The lowest BCUT2D eigenvalue weighted by Gasteiger charge is -2.20. The van der Waals surface area contributed by atoms with Gasteiger partial charge in [0.1, 0.15) is 0 Å². The summed E-state index contributed by atoms with van der Waals surface area (Å²) in [4.78, 5) is 15.5. The zero-order valence-electron chi connectivity index (χ0n) is 38.3. The minimum atomic E-state index is 0.559. The molecule has 8 heteroatoms. The maximum absolute atomic E-state index is 10.7. The quantitative estimate of drug-likeness (QED) is 0.166. The van der Waals surface area contributed by atoms with Crippen LogP contribution in [0.1, 0.15) is 5.56 Å². The summed E-state index contributed by atoms with van der Waals surface area (Å²) in [7, 11) is 0. The van der Waals surface area contributed by atoms with Crippen molar-refractivity contribution in [2.24, 2.45) is 0 Å². The Bertz CT molecular complexity index is 4710. The van der Waals surface area contributed by atoms with Gasteiger partial charge >= 0.3 is 0 Å². The Morgan fingerprint density at radius 3 is 1.36 bits per heavy atom. The molecule has 0 N–H and O–H groups in total. The Hall–Kier alpha value is -9.26. The van der Waals surface area contributed by atoms with Gasteiger partial charge in [-0.05, 0) is 60.7 Å². The number of rotatable bonds is 6. The number of thiophene rings is 2. The third-order valence-electron chi connectivity index (χ3n) is 14.2. The number of nitrogens with zero attached hydrogens (tertiary/aromatic N) is 6. The molecule has 0 unspecified atom stereocenters. The molecule has 0 bridgehead atoms. The summed E-state index contributed by atoms with van der Waals surface area (Å²) in [5.41, 5.74) is 11.4. The molecular formula is C64H36N6S2. The fraction of sp³-hybridized carbons (Fsp3) is 0. The minimum absolute atomic E-state index is 0.559. The van der Waals surface area contributed by atoms with Crippen LogP contribution in [0, 0.1) is 11.3 Å². The van der Waals surface area contributed by atoms with E-state index in [-0.39, 0.29) is 0 Å². The predicted octanol–water partition coefficient (Wildman–Crippen LogP) is 17.3. The summed E-state index contributed by atoms with van der Waals surface area (Å²) < 4.78 is 9.87. The average Bonchev–Trinajstić information content (AvgIpc) is 4.21. The second kappa shape index (κ2) is 15.9. The maximum Gasteiger partial charge on any atom is 0.164 e. The van der Waals surface area contributed by atoms with Gasteiger partial charge in [-0.25, -0.2) is 15.0 Å². The molecule has 5 aromatic heterocycles. The number of hydrogen-bond acceptors (Lipinski definition) is 6. The molecule has 0 fully saturated rings. The van der Waals surface area contributed by atoms with Crippen molar-refractivity contribution in [3.8, 4) is 62.7 Å². The van der Waals surface area contributed by atoms with Crippen molar-refractivity contribution in [1.29, 1.82) is 5.26 Å². The van der Waals surface area contributed by atoms with E-state index in [4.69, 9.17) is 15.0 Å². The summed E-state index contributed by atoms with van der Waals surface area (Å²) in [5.74, 6) is 1.75. The molecule has 334 valence electrons. The van der Waals surface area contributed by atoms with Crippen molar-refractivity contribution < 1.29 is 0 Å². The maximum atomic E-state index is 10.7. The zero-order chi connectivity index (χ0) is 47.4. The SMILES string of the molecule is N#Cc1ccc(-n2c3ccccc3c3c4sc5ccccc5c4ccc32)c(-c2ccc(-c3nc(-c4ccccc4)nc(-c4ccccc4)n3)cc2-n2c3ccccc3c3c4sc5ccccc5c4ccc32)c1. The summed E-state index contributed by atoms with van der Waals surface area (Å²) in [6.45, 7) is 0. The van der Waals surface area contributed by atoms with Gasteiger partial charge in [0.2, 0.25) is 0 Å². The molecule has 0 aliphatic heterocycles. The van der Waals surface area contributed by atoms with Crippen LogP contribution in [0.5, 0.6) is 0 Å². The van der Waals surface area contributed by atoms with Crippen LogP contribution in [0.25, 0.3) is 141 Å². The predicted molar refractivity (Wildman–Crippen MR) is 301 cm³/mol. The van der Waals surface area contributed by atoms with E-state index in [1.807, 2.05) is 89.4 Å². The fourth-order valence-electron chi connectivity index (χ4n) is 11.0. The highest BCUT2D eigenvalue weighted by atomic mass is 32.1. The lowest BCUT2D eigenvalue weighted by atomic mass is 9.97. The summed E-state index contributed by atoms with van der Waals surface area (Å²) in [6.07, 6.45) is 0. The van der Waals surface area contributed by atoms with Gasteiger partial charge in [-0.3, -0.25) is 0 Å². The molecule has 6 nitrogen and oxygen atoms in total. The van der Waals surface area contributed by atoms with E-state index in [2.05, 4.69) is 167 Å². The van der Waals surface area contributed by atoms with Crippen LogP contribution in [0.2, 0.25) is 0 Å². The highest BCUT2D eigenvalue weighted by Gasteiger charge is 2.25. The molecule has 0 amide bonds. The van der Waals surface area contributed by atoms with Crippen molar-refractivity contribution in [2.45, 2.75) is 0 Å². The number of para-hydroxylation sites is 2. The molecule has 0 spiro atoms. The zero-order valence-corrected chi connectivity index (χ0v) is 39.9. The largest absolute Gasteiger partial charge is 0.309 e. The van der Waals surface area contributed by atoms with Gasteiger partial charge in [0.25, 0.3) is 0 Å². The van der Waals surface area contributed by atoms with Gasteiger partial charge in [0.05, 0.1) is 45.1 Å². The van der Waals surface area contributed by atoms with Crippen LogP contribution in [-0.4, -0.2) is 24.1 Å². The van der Waals surface area contributed by atoms with E-state index >= 15 is 0 Å². The Morgan fingerprint density at radius 2 is 0.819 bits per heavy atom. The normalized spacial score (nSPS) is 11.9. The Kier molecular flexibility index (Phi) is 8.96. The number of fused-ring (bicyclic) bond motifs is 14. The molecule has 10 aromatic carbocycles. The van der Waals surface area contributed by atoms with Gasteiger partial charge in [-0.1, -0.05) is 158 Å². The molecule has 0 saturated heterocycles. The smallest absolute Gasteiger partial charge is 0.164 e. The lowest BCUT2D eigenvalue weighted by Crippen LogP contribution is -2.04. The molecule has 72 heavy (non-hydrogen) atoms. The first-order chi connectivity index (χ1) is 35.7. The van der Waals surface area contributed by atoms with Crippen molar-refractivity contribution >= 4 is 107 Å². The van der Waals surface area contributed by atoms with Crippen LogP contribution in [0.15, 0.2) is 218 Å². The van der Waals surface area contributed by atoms with E-state index in [9.17, 15) is 5.26 Å². The first kappa shape index (κ1) is 40.6. The van der Waals surface area contributed by atoms with E-state index in [1.54, 1.807) is 0 Å². The number of nitriles is 1. The molecule has 0 atom stereocenters. The lowest BCUT2D eigenvalue weighted by molar-refractivity contribution is 1.07. The first-order valence-electron chi connectivity index (χ1n) is 23.9. The summed E-state index contributed by atoms with van der Waals surface area (Å²) in [5, 5.41) is 20.5. The molecule has 0 aliphatic carbocycles. The van der Waals surface area contributed by atoms with Gasteiger partial charge in [0, 0.05) is 89.7 Å². The van der Waals surface area contributed by atoms with Gasteiger partial charge in [0.15, 0.2) is 17.5 Å². The van der Waals surface area contributed by atoms with Crippen molar-refractivity contribution in [3.63, 3.8) is 0 Å². The third-order valence-corrected chi connectivity index (χ3v) is 16.6. The second-order valence-electron chi connectivity index (χ2n) is 18.2. The monoisotopic (exact) mass is 952 g/mol. The van der Waals surface area contributed by atoms with Crippen molar-refractivity contribution in [2.75, 3.05) is 0 Å². The highest BCUT2D eigenvalue weighted by molar-refractivity contribution is 7.27. The van der Waals surface area contributed by atoms with Crippen LogP contribution in [0.4, 0.5) is 0 Å². The van der Waals surface area contributed by atoms with E-state index in [1.165, 1.54) is 61.9 Å². The van der Waals surface area contributed by atoms with E-state index < -0.39 is 0 Å². The standard InChI is InChI=1S/C64H36N6S2/c65-37-38-27-32-52(69-50-23-11-7-21-47(50)58-53(69)33-30-45-43-19-9-13-25-56(43)71-60(45)58)49(35-38)42-29-28-41(64-67-62(39-15-3-1-4-16-39)66-63(68-64)40-17-5-2-6-18-40)36-55(42)70-51-24-12-8-22-48(51)59-54(70)34-31-46-44-20-10-14-26-57(44)72-61(46)59/h1-36H. The number of aromatic nitrogens is 5. The average molecular weight is 953 g/mol. The summed E-state index contributed by atoms with van der Waals surface area (Å²) >= 11 is 3.69. The Balaban J connectivity index is 1.06. The van der Waals surface area contributed by atoms with Crippen LogP contribution < -0.4 is 0 Å².